The number of ether oxygens (including phenoxy) is 8. The Morgan fingerprint density at radius 3 is 1.21 bits per heavy atom. The summed E-state index contributed by atoms with van der Waals surface area (Å²) in [5.41, 5.74) is 0.295. The number of amides is 2. The average Bonchev–Trinajstić information content (AvgIpc) is 2.94. The monoisotopic (exact) mass is 545 g/mol. The summed E-state index contributed by atoms with van der Waals surface area (Å²) in [6.45, 7) is 7.10. The van der Waals surface area contributed by atoms with Gasteiger partial charge in [0, 0.05) is 27.3 Å². The van der Waals surface area contributed by atoms with E-state index in [1.807, 2.05) is 0 Å². The minimum Gasteiger partial charge on any atom is -0.382 e. The highest BCUT2D eigenvalue weighted by atomic mass is 16.6. The van der Waals surface area contributed by atoms with Crippen molar-refractivity contribution in [2.45, 2.75) is 0 Å². The first-order valence-electron chi connectivity index (χ1n) is 12.7. The molecule has 0 saturated heterocycles. The lowest BCUT2D eigenvalue weighted by atomic mass is 10.2. The number of pyridine rings is 1. The van der Waals surface area contributed by atoms with Gasteiger partial charge in [0.25, 0.3) is 11.8 Å². The van der Waals surface area contributed by atoms with Crippen LogP contribution in [0.4, 0.5) is 0 Å². The van der Waals surface area contributed by atoms with Crippen molar-refractivity contribution in [1.29, 1.82) is 0 Å². The Hall–Kier alpha value is -2.23. The number of carbonyl (C=O) groups excluding carboxylic acids is 2. The number of carbonyl (C=O) groups is 2. The van der Waals surface area contributed by atoms with Gasteiger partial charge in [0.2, 0.25) is 0 Å². The molecule has 0 saturated carbocycles. The van der Waals surface area contributed by atoms with Crippen LogP contribution in [0.2, 0.25) is 0 Å². The molecule has 0 radical (unpaired) electrons. The van der Waals surface area contributed by atoms with Gasteiger partial charge in [-0.2, -0.15) is 0 Å². The topological polar surface area (TPSA) is 145 Å². The molecule has 1 rings (SSSR count). The van der Waals surface area contributed by atoms with Crippen LogP contribution in [0, 0.1) is 0 Å². The molecule has 218 valence electrons. The highest BCUT2D eigenvalue weighted by Crippen LogP contribution is 2.00. The minimum absolute atomic E-state index is 0.147. The quantitative estimate of drug-likeness (QED) is 0.151. The van der Waals surface area contributed by atoms with E-state index in [1.165, 1.54) is 0 Å². The predicted octanol–water partition coefficient (Wildman–Crippen LogP) is -0.0664. The van der Waals surface area contributed by atoms with Gasteiger partial charge in [-0.25, -0.2) is 4.98 Å². The summed E-state index contributed by atoms with van der Waals surface area (Å²) in [5.74, 6) is -0.778. The van der Waals surface area contributed by atoms with E-state index in [0.717, 1.165) is 0 Å². The molecule has 1 aromatic rings. The Morgan fingerprint density at radius 1 is 0.553 bits per heavy atom. The molecular weight excluding hydrogens is 502 g/mol. The Bertz CT molecular complexity index is 671. The highest BCUT2D eigenvalue weighted by Gasteiger charge is 2.12. The van der Waals surface area contributed by atoms with Crippen LogP contribution in [-0.2, 0) is 37.9 Å². The smallest absolute Gasteiger partial charge is 0.269 e. The van der Waals surface area contributed by atoms with Gasteiger partial charge in [0.05, 0.1) is 92.5 Å². The van der Waals surface area contributed by atoms with Gasteiger partial charge < -0.3 is 48.5 Å². The Morgan fingerprint density at radius 2 is 0.868 bits per heavy atom. The first kappa shape index (κ1) is 33.8. The molecule has 0 bridgehead atoms. The predicted molar refractivity (Wildman–Crippen MR) is 138 cm³/mol. The number of hydrogen-bond donors (Lipinski definition) is 2. The van der Waals surface area contributed by atoms with Gasteiger partial charge in [-0.15, -0.1) is 0 Å². The molecule has 13 heteroatoms. The summed E-state index contributed by atoms with van der Waals surface area (Å²) in [7, 11) is 3.24. The second-order valence-electron chi connectivity index (χ2n) is 7.58. The zero-order valence-corrected chi connectivity index (χ0v) is 22.6. The second-order valence-corrected chi connectivity index (χ2v) is 7.58. The lowest BCUT2D eigenvalue weighted by Gasteiger charge is -2.09. The molecule has 0 atom stereocenters. The molecule has 1 aromatic heterocycles. The third kappa shape index (κ3) is 18.9. The van der Waals surface area contributed by atoms with Crippen molar-refractivity contribution in [1.82, 2.24) is 15.6 Å². The Kier molecular flexibility index (Phi) is 22.3. The maximum absolute atomic E-state index is 12.3. The van der Waals surface area contributed by atoms with Crippen molar-refractivity contribution in [2.75, 3.05) is 120 Å². The number of methoxy groups -OCH3 is 2. The molecule has 2 amide bonds. The summed E-state index contributed by atoms with van der Waals surface area (Å²) in [4.78, 5) is 28.8. The highest BCUT2D eigenvalue weighted by molar-refractivity contribution is 5.96. The molecule has 0 aliphatic heterocycles. The van der Waals surface area contributed by atoms with E-state index in [2.05, 4.69) is 15.6 Å². The minimum atomic E-state index is -0.389. The molecule has 0 aliphatic carbocycles. The normalized spacial score (nSPS) is 11.0. The number of nitrogens with zero attached hydrogens (tertiary/aromatic N) is 1. The molecule has 38 heavy (non-hydrogen) atoms. The van der Waals surface area contributed by atoms with E-state index < -0.39 is 0 Å². The van der Waals surface area contributed by atoms with Crippen LogP contribution in [0.25, 0.3) is 0 Å². The van der Waals surface area contributed by atoms with Gasteiger partial charge in [-0.1, -0.05) is 6.07 Å². The molecular formula is C25H43N3O10. The maximum Gasteiger partial charge on any atom is 0.269 e. The first-order valence-corrected chi connectivity index (χ1v) is 12.7. The fourth-order valence-electron chi connectivity index (χ4n) is 2.71. The lowest BCUT2D eigenvalue weighted by molar-refractivity contribution is 0.00413. The van der Waals surface area contributed by atoms with Gasteiger partial charge in [0.15, 0.2) is 0 Å². The zero-order chi connectivity index (χ0) is 27.5. The van der Waals surface area contributed by atoms with Crippen LogP contribution in [-0.4, -0.2) is 137 Å². The maximum atomic E-state index is 12.3. The molecule has 2 N–H and O–H groups in total. The Balaban J connectivity index is 2.06. The van der Waals surface area contributed by atoms with Crippen molar-refractivity contribution in [2.24, 2.45) is 0 Å². The molecule has 1 heterocycles. The van der Waals surface area contributed by atoms with Crippen LogP contribution < -0.4 is 10.6 Å². The van der Waals surface area contributed by atoms with Crippen molar-refractivity contribution >= 4 is 11.8 Å². The summed E-state index contributed by atoms with van der Waals surface area (Å²) in [6, 6.07) is 4.69. The fourth-order valence-corrected chi connectivity index (χ4v) is 2.71. The lowest BCUT2D eigenvalue weighted by Crippen LogP contribution is -2.31. The summed E-state index contributed by atoms with van der Waals surface area (Å²) in [6.07, 6.45) is 0. The van der Waals surface area contributed by atoms with Gasteiger partial charge >= 0.3 is 0 Å². The van der Waals surface area contributed by atoms with Crippen LogP contribution in [0.15, 0.2) is 18.2 Å². The van der Waals surface area contributed by atoms with E-state index in [0.29, 0.717) is 106 Å². The molecule has 0 aliphatic rings. The van der Waals surface area contributed by atoms with Gasteiger partial charge in [-0.3, -0.25) is 9.59 Å². The van der Waals surface area contributed by atoms with E-state index in [9.17, 15) is 9.59 Å². The number of nitrogens with one attached hydrogen (secondary N) is 2. The van der Waals surface area contributed by atoms with Crippen molar-refractivity contribution in [3.05, 3.63) is 29.6 Å². The summed E-state index contributed by atoms with van der Waals surface area (Å²) >= 11 is 0. The molecule has 13 nitrogen and oxygen atoms in total. The van der Waals surface area contributed by atoms with Crippen LogP contribution >= 0.6 is 0 Å². The third-order valence-electron chi connectivity index (χ3n) is 4.63. The van der Waals surface area contributed by atoms with Crippen molar-refractivity contribution in [3.8, 4) is 0 Å². The Labute approximate surface area is 224 Å². The molecule has 0 fully saturated rings. The van der Waals surface area contributed by atoms with Gasteiger partial charge in [-0.05, 0) is 12.1 Å². The standard InChI is InChI=1S/C25H43N3O10/c1-31-10-12-35-18-20-37-16-14-33-8-6-26-24(29)22-4-3-5-23(28-22)25(30)27-7-9-34-15-17-38-21-19-36-13-11-32-2/h3-5H,6-21H2,1-2H3,(H,26,29)(H,27,30). The summed E-state index contributed by atoms with van der Waals surface area (Å²) in [5, 5.41) is 5.43. The molecule has 0 spiro atoms. The summed E-state index contributed by atoms with van der Waals surface area (Å²) < 4.78 is 41.9. The van der Waals surface area contributed by atoms with E-state index in [-0.39, 0.29) is 23.2 Å². The van der Waals surface area contributed by atoms with Crippen LogP contribution in [0.3, 0.4) is 0 Å². The van der Waals surface area contributed by atoms with E-state index in [1.54, 1.807) is 32.4 Å². The third-order valence-corrected chi connectivity index (χ3v) is 4.63. The van der Waals surface area contributed by atoms with E-state index >= 15 is 0 Å². The molecule has 0 aromatic carbocycles. The van der Waals surface area contributed by atoms with Crippen molar-refractivity contribution in [3.63, 3.8) is 0 Å². The van der Waals surface area contributed by atoms with E-state index in [4.69, 9.17) is 37.9 Å². The number of hydrogen-bond acceptors (Lipinski definition) is 11. The SMILES string of the molecule is COCCOCCOCCOCCNC(=O)c1cccc(C(=O)NCCOCCOCCOCCOC)n1. The largest absolute Gasteiger partial charge is 0.382 e. The fraction of sp³-hybridized carbons (Fsp3) is 0.720. The average molecular weight is 546 g/mol. The first-order chi connectivity index (χ1) is 18.7. The van der Waals surface area contributed by atoms with Crippen LogP contribution in [0.5, 0.6) is 0 Å². The van der Waals surface area contributed by atoms with Gasteiger partial charge in [0.1, 0.15) is 11.4 Å². The number of aromatic nitrogens is 1. The number of rotatable bonds is 26. The van der Waals surface area contributed by atoms with Crippen molar-refractivity contribution < 1.29 is 47.5 Å². The zero-order valence-electron chi connectivity index (χ0n) is 22.6. The molecule has 0 unspecified atom stereocenters. The second kappa shape index (κ2) is 25.1. The van der Waals surface area contributed by atoms with Crippen LogP contribution in [0.1, 0.15) is 21.0 Å².